The monoisotopic (exact) mass is 391 g/mol. The molecule has 8 nitrogen and oxygen atoms in total. The molecule has 8 heteroatoms. The second-order valence-electron chi connectivity index (χ2n) is 5.71. The molecule has 0 spiro atoms. The van der Waals surface area contributed by atoms with Crippen LogP contribution in [0.15, 0.2) is 48.5 Å². The highest BCUT2D eigenvalue weighted by Gasteiger charge is 2.11. The molecule has 0 atom stereocenters. The van der Waals surface area contributed by atoms with Crippen LogP contribution in [0.5, 0.6) is 11.5 Å². The summed E-state index contributed by atoms with van der Waals surface area (Å²) in [5.41, 5.74) is 2.30. The molecule has 3 N–H and O–H groups in total. The Labute approximate surface area is 163 Å². The van der Waals surface area contributed by atoms with Crippen LogP contribution in [0, 0.1) is 0 Å². The molecule has 0 fully saturated rings. The fourth-order valence-electron chi connectivity index (χ4n) is 2.42. The van der Waals surface area contributed by atoms with E-state index in [4.69, 9.17) is 29.3 Å². The number of aliphatic hydroxyl groups is 1. The third-order valence-electron chi connectivity index (χ3n) is 3.74. The zero-order valence-electron chi connectivity index (χ0n) is 15.9. The van der Waals surface area contributed by atoms with Crippen molar-refractivity contribution in [3.63, 3.8) is 0 Å². The number of hydrogen-bond donors (Lipinski definition) is 3. The molecule has 0 radical (unpaired) electrons. The maximum atomic E-state index is 9.31. The van der Waals surface area contributed by atoms with Gasteiger partial charge < -0.3 is 24.8 Å². The van der Waals surface area contributed by atoms with E-state index in [1.807, 2.05) is 36.4 Å². The van der Waals surface area contributed by atoms with Crippen molar-refractivity contribution in [2.24, 2.45) is 0 Å². The second-order valence-corrected chi connectivity index (χ2v) is 5.71. The summed E-state index contributed by atoms with van der Waals surface area (Å²) in [6.07, 6.45) is 0. The Morgan fingerprint density at radius 2 is 1.57 bits per heavy atom. The minimum atomic E-state index is -1.82. The molecule has 2 aromatic rings. The van der Waals surface area contributed by atoms with E-state index in [0.29, 0.717) is 13.1 Å². The first-order chi connectivity index (χ1) is 13.4. The Morgan fingerprint density at radius 3 is 2.07 bits per heavy atom. The number of rotatable bonds is 8. The van der Waals surface area contributed by atoms with Gasteiger partial charge in [-0.3, -0.25) is 4.90 Å². The van der Waals surface area contributed by atoms with Crippen LogP contribution in [-0.2, 0) is 22.7 Å². The van der Waals surface area contributed by atoms with Crippen molar-refractivity contribution in [2.75, 3.05) is 27.4 Å². The molecular weight excluding hydrogens is 366 g/mol. The number of aliphatic carboxylic acids is 2. The second kappa shape index (κ2) is 12.3. The van der Waals surface area contributed by atoms with Crippen LogP contribution in [0.25, 0.3) is 0 Å². The molecule has 2 aromatic carbocycles. The molecule has 0 bridgehead atoms. The van der Waals surface area contributed by atoms with Gasteiger partial charge in [-0.2, -0.15) is 0 Å². The molecule has 0 amide bonds. The summed E-state index contributed by atoms with van der Waals surface area (Å²) in [6.45, 7) is 2.24. The first kappa shape index (κ1) is 22.9. The zero-order chi connectivity index (χ0) is 20.9. The van der Waals surface area contributed by atoms with Crippen LogP contribution in [0.2, 0.25) is 0 Å². The molecule has 28 heavy (non-hydrogen) atoms. The fourth-order valence-corrected chi connectivity index (χ4v) is 2.42. The van der Waals surface area contributed by atoms with Gasteiger partial charge in [0.2, 0.25) is 0 Å². The van der Waals surface area contributed by atoms with Crippen molar-refractivity contribution in [3.8, 4) is 11.5 Å². The summed E-state index contributed by atoms with van der Waals surface area (Å²) < 4.78 is 10.7. The van der Waals surface area contributed by atoms with Gasteiger partial charge >= 0.3 is 11.9 Å². The molecule has 152 valence electrons. The minimum absolute atomic E-state index is 0.130. The van der Waals surface area contributed by atoms with Gasteiger partial charge in [0.15, 0.2) is 0 Å². The van der Waals surface area contributed by atoms with E-state index in [-0.39, 0.29) is 6.61 Å². The Bertz CT molecular complexity index is 737. The van der Waals surface area contributed by atoms with Crippen molar-refractivity contribution < 1.29 is 34.4 Å². The quantitative estimate of drug-likeness (QED) is 0.584. The van der Waals surface area contributed by atoms with Gasteiger partial charge in [-0.05, 0) is 11.6 Å². The highest BCUT2D eigenvalue weighted by Crippen LogP contribution is 2.26. The molecule has 0 aliphatic rings. The maximum absolute atomic E-state index is 9.31. The summed E-state index contributed by atoms with van der Waals surface area (Å²) >= 11 is 0. The van der Waals surface area contributed by atoms with Crippen LogP contribution < -0.4 is 9.47 Å². The number of aliphatic hydroxyl groups excluding tert-OH is 1. The number of ether oxygens (including phenoxy) is 2. The number of methoxy groups -OCH3 is 2. The van der Waals surface area contributed by atoms with Crippen molar-refractivity contribution >= 4 is 11.9 Å². The Balaban J connectivity index is 0.000000568. The van der Waals surface area contributed by atoms with E-state index in [2.05, 4.69) is 17.0 Å². The number of hydrogen-bond acceptors (Lipinski definition) is 6. The smallest absolute Gasteiger partial charge is 0.414 e. The van der Waals surface area contributed by atoms with Gasteiger partial charge in [-0.25, -0.2) is 9.59 Å². The van der Waals surface area contributed by atoms with Crippen LogP contribution >= 0.6 is 0 Å². The van der Waals surface area contributed by atoms with E-state index < -0.39 is 11.9 Å². The molecule has 0 heterocycles. The fraction of sp³-hybridized carbons (Fsp3) is 0.300. The maximum Gasteiger partial charge on any atom is 0.414 e. The van der Waals surface area contributed by atoms with Gasteiger partial charge in [0.25, 0.3) is 0 Å². The molecule has 0 aliphatic carbocycles. The summed E-state index contributed by atoms with van der Waals surface area (Å²) in [5.74, 6) is -2.07. The highest BCUT2D eigenvalue weighted by atomic mass is 16.5. The minimum Gasteiger partial charge on any atom is -0.497 e. The van der Waals surface area contributed by atoms with E-state index in [1.54, 1.807) is 14.2 Å². The summed E-state index contributed by atoms with van der Waals surface area (Å²) in [7, 11) is 3.30. The van der Waals surface area contributed by atoms with Gasteiger partial charge in [0.1, 0.15) is 11.5 Å². The molecular formula is C20H25NO7. The molecule has 2 rings (SSSR count). The van der Waals surface area contributed by atoms with Crippen LogP contribution in [0.1, 0.15) is 11.1 Å². The first-order valence-electron chi connectivity index (χ1n) is 8.45. The number of carbonyl (C=O) groups is 2. The molecule has 0 aliphatic heterocycles. The third-order valence-corrected chi connectivity index (χ3v) is 3.74. The highest BCUT2D eigenvalue weighted by molar-refractivity contribution is 6.27. The standard InChI is InChI=1S/C18H23NO3.C2H2O4/c1-21-17-9-8-16(18(12-17)22-2)14-19(10-11-20)13-15-6-4-3-5-7-15;3-1(4)2(5)6/h3-9,12,20H,10-11,13-14H2,1-2H3;(H,3,4)(H,5,6). The summed E-state index contributed by atoms with van der Waals surface area (Å²) in [6, 6.07) is 16.1. The third kappa shape index (κ3) is 8.07. The Morgan fingerprint density at radius 1 is 0.929 bits per heavy atom. The number of carboxylic acids is 2. The summed E-state index contributed by atoms with van der Waals surface area (Å²) in [5, 5.41) is 24.1. The predicted molar refractivity (Wildman–Crippen MR) is 102 cm³/mol. The van der Waals surface area contributed by atoms with Crippen LogP contribution in [0.3, 0.4) is 0 Å². The Hall–Kier alpha value is -3.10. The normalized spacial score (nSPS) is 10.0. The van der Waals surface area contributed by atoms with Crippen molar-refractivity contribution in [2.45, 2.75) is 13.1 Å². The van der Waals surface area contributed by atoms with Crippen molar-refractivity contribution in [3.05, 3.63) is 59.7 Å². The average Bonchev–Trinajstić information content (AvgIpc) is 2.69. The van der Waals surface area contributed by atoms with E-state index in [1.165, 1.54) is 5.56 Å². The topological polar surface area (TPSA) is 117 Å². The van der Waals surface area contributed by atoms with Gasteiger partial charge in [-0.1, -0.05) is 36.4 Å². The number of carboxylic acid groups (broad SMARTS) is 2. The van der Waals surface area contributed by atoms with Crippen molar-refractivity contribution in [1.82, 2.24) is 4.90 Å². The molecule has 0 unspecified atom stereocenters. The molecule has 0 saturated carbocycles. The number of nitrogens with zero attached hydrogens (tertiary/aromatic N) is 1. The lowest BCUT2D eigenvalue weighted by molar-refractivity contribution is -0.159. The summed E-state index contributed by atoms with van der Waals surface area (Å²) in [4.78, 5) is 20.4. The van der Waals surface area contributed by atoms with Crippen LogP contribution in [0.4, 0.5) is 0 Å². The van der Waals surface area contributed by atoms with Gasteiger partial charge in [-0.15, -0.1) is 0 Å². The number of benzene rings is 2. The molecule has 0 aromatic heterocycles. The predicted octanol–water partition coefficient (Wildman–Crippen LogP) is 1.85. The van der Waals surface area contributed by atoms with Gasteiger partial charge in [0, 0.05) is 31.3 Å². The van der Waals surface area contributed by atoms with E-state index in [9.17, 15) is 5.11 Å². The van der Waals surface area contributed by atoms with E-state index >= 15 is 0 Å². The SMILES string of the molecule is COc1ccc(CN(CCO)Cc2ccccc2)c(OC)c1.O=C(O)C(=O)O. The lowest BCUT2D eigenvalue weighted by Gasteiger charge is -2.23. The first-order valence-corrected chi connectivity index (χ1v) is 8.45. The Kier molecular flexibility index (Phi) is 10.1. The lowest BCUT2D eigenvalue weighted by atomic mass is 10.1. The lowest BCUT2D eigenvalue weighted by Crippen LogP contribution is -2.26. The average molecular weight is 391 g/mol. The van der Waals surface area contributed by atoms with Gasteiger partial charge in [0.05, 0.1) is 20.8 Å². The molecule has 0 saturated heterocycles. The van der Waals surface area contributed by atoms with Crippen LogP contribution in [-0.4, -0.2) is 59.5 Å². The van der Waals surface area contributed by atoms with E-state index in [0.717, 1.165) is 23.6 Å². The van der Waals surface area contributed by atoms with Crippen molar-refractivity contribution in [1.29, 1.82) is 0 Å². The largest absolute Gasteiger partial charge is 0.497 e. The zero-order valence-corrected chi connectivity index (χ0v) is 15.9.